The molecule has 0 atom stereocenters. The van der Waals surface area contributed by atoms with Crippen LogP contribution in [0.15, 0.2) is 30.3 Å². The Morgan fingerprint density at radius 1 is 1.10 bits per heavy atom. The first kappa shape index (κ1) is 15.8. The average molecular weight is 290 g/mol. The van der Waals surface area contributed by atoms with E-state index < -0.39 is 31.3 Å². The summed E-state index contributed by atoms with van der Waals surface area (Å²) in [6, 6.07) is 8.81. The van der Waals surface area contributed by atoms with Crippen LogP contribution in [0.3, 0.4) is 0 Å². The predicted octanol–water partition coefficient (Wildman–Crippen LogP) is 1.59. The monoisotopic (exact) mass is 290 g/mol. The maximum absolute atomic E-state index is 11.8. The van der Waals surface area contributed by atoms with Crippen LogP contribution >= 0.6 is 0 Å². The Bertz CT molecular complexity index is 449. The van der Waals surface area contributed by atoms with Crippen LogP contribution in [0.4, 0.5) is 18.0 Å². The molecule has 0 aliphatic carbocycles. The molecule has 20 heavy (non-hydrogen) atoms. The lowest BCUT2D eigenvalue weighted by atomic mass is 10.2. The zero-order valence-corrected chi connectivity index (χ0v) is 10.4. The second kappa shape index (κ2) is 7.37. The van der Waals surface area contributed by atoms with Crippen LogP contribution in [0.25, 0.3) is 0 Å². The summed E-state index contributed by atoms with van der Waals surface area (Å²) in [4.78, 5) is 22.2. The van der Waals surface area contributed by atoms with Crippen molar-refractivity contribution in [3.05, 3.63) is 35.9 Å². The molecule has 1 rings (SSSR count). The number of alkyl halides is 3. The zero-order chi connectivity index (χ0) is 15.0. The van der Waals surface area contributed by atoms with Crippen molar-refractivity contribution >= 4 is 12.0 Å². The van der Waals surface area contributed by atoms with E-state index in [1.807, 2.05) is 5.32 Å². The molecule has 0 radical (unpaired) electrons. The maximum atomic E-state index is 11.8. The van der Waals surface area contributed by atoms with Gasteiger partial charge in [0.05, 0.1) is 6.54 Å². The van der Waals surface area contributed by atoms with E-state index in [9.17, 15) is 22.8 Å². The van der Waals surface area contributed by atoms with Gasteiger partial charge in [0.1, 0.15) is 13.2 Å². The van der Waals surface area contributed by atoms with Gasteiger partial charge in [-0.05, 0) is 5.56 Å². The van der Waals surface area contributed by atoms with Crippen molar-refractivity contribution in [3.8, 4) is 0 Å². The molecule has 0 fully saturated rings. The number of nitrogens with one attached hydrogen (secondary N) is 2. The van der Waals surface area contributed by atoms with Crippen molar-refractivity contribution in [2.75, 3.05) is 13.1 Å². The highest BCUT2D eigenvalue weighted by atomic mass is 19.4. The lowest BCUT2D eigenvalue weighted by molar-refractivity contribution is -0.137. The zero-order valence-electron chi connectivity index (χ0n) is 10.4. The van der Waals surface area contributed by atoms with Crippen molar-refractivity contribution in [1.29, 1.82) is 0 Å². The lowest BCUT2D eigenvalue weighted by Gasteiger charge is -2.09. The topological polar surface area (TPSA) is 67.4 Å². The number of carbonyl (C=O) groups is 2. The van der Waals surface area contributed by atoms with E-state index in [0.717, 1.165) is 5.56 Å². The number of hydrogen-bond donors (Lipinski definition) is 2. The van der Waals surface area contributed by atoms with E-state index >= 15 is 0 Å². The summed E-state index contributed by atoms with van der Waals surface area (Å²) < 4.78 is 40.2. The Morgan fingerprint density at radius 2 is 1.75 bits per heavy atom. The largest absolute Gasteiger partial charge is 0.445 e. The molecular formula is C12H13F3N2O3. The minimum Gasteiger partial charge on any atom is -0.445 e. The molecule has 0 aliphatic rings. The molecule has 0 aromatic heterocycles. The highest BCUT2D eigenvalue weighted by Crippen LogP contribution is 2.11. The minimum absolute atomic E-state index is 0.0108. The predicted molar refractivity (Wildman–Crippen MR) is 63.7 cm³/mol. The first-order valence-corrected chi connectivity index (χ1v) is 5.65. The van der Waals surface area contributed by atoms with Crippen LogP contribution in [0.5, 0.6) is 0 Å². The lowest BCUT2D eigenvalue weighted by Crippen LogP contribution is -2.41. The molecule has 0 saturated carbocycles. The standard InChI is InChI=1S/C12H13F3N2O3/c13-12(14,15)8-17-10(18)6-16-11(19)20-7-9-4-2-1-3-5-9/h1-5H,6-8H2,(H,16,19)(H,17,18). The summed E-state index contributed by atoms with van der Waals surface area (Å²) >= 11 is 0. The number of carbonyl (C=O) groups excluding carboxylic acids is 2. The normalized spacial score (nSPS) is 10.8. The van der Waals surface area contributed by atoms with E-state index in [4.69, 9.17) is 4.74 Å². The van der Waals surface area contributed by atoms with Gasteiger partial charge in [-0.25, -0.2) is 4.79 Å². The van der Waals surface area contributed by atoms with Crippen molar-refractivity contribution in [2.45, 2.75) is 12.8 Å². The minimum atomic E-state index is -4.48. The molecule has 1 aromatic carbocycles. The summed E-state index contributed by atoms with van der Waals surface area (Å²) in [5.74, 6) is -0.945. The molecule has 0 saturated heterocycles. The van der Waals surface area contributed by atoms with Crippen LogP contribution < -0.4 is 10.6 Å². The van der Waals surface area contributed by atoms with Gasteiger partial charge < -0.3 is 15.4 Å². The first-order valence-electron chi connectivity index (χ1n) is 5.65. The number of ether oxygens (including phenoxy) is 1. The van der Waals surface area contributed by atoms with Crippen molar-refractivity contribution in [1.82, 2.24) is 10.6 Å². The number of rotatable bonds is 5. The summed E-state index contributed by atoms with van der Waals surface area (Å²) in [6.07, 6.45) is -5.36. The summed E-state index contributed by atoms with van der Waals surface area (Å²) in [5, 5.41) is 3.67. The molecule has 0 aliphatic heterocycles. The Balaban J connectivity index is 2.18. The van der Waals surface area contributed by atoms with Crippen molar-refractivity contribution < 1.29 is 27.5 Å². The quantitative estimate of drug-likeness (QED) is 0.865. The average Bonchev–Trinajstić information content (AvgIpc) is 2.41. The van der Waals surface area contributed by atoms with Gasteiger partial charge in [-0.3, -0.25) is 4.79 Å². The van der Waals surface area contributed by atoms with Crippen LogP contribution in [0.1, 0.15) is 5.56 Å². The second-order valence-corrected chi connectivity index (χ2v) is 3.81. The van der Waals surface area contributed by atoms with Gasteiger partial charge in [-0.2, -0.15) is 13.2 Å². The van der Waals surface area contributed by atoms with Gasteiger partial charge in [0, 0.05) is 0 Å². The van der Waals surface area contributed by atoms with Crippen LogP contribution in [-0.2, 0) is 16.1 Å². The summed E-state index contributed by atoms with van der Waals surface area (Å²) in [6.45, 7) is -2.01. The molecule has 5 nitrogen and oxygen atoms in total. The molecule has 110 valence electrons. The van der Waals surface area contributed by atoms with Crippen LogP contribution in [-0.4, -0.2) is 31.3 Å². The summed E-state index contributed by atoms with van der Waals surface area (Å²) in [7, 11) is 0. The maximum Gasteiger partial charge on any atom is 0.407 e. The Labute approximate surface area is 113 Å². The number of alkyl carbamates (subject to hydrolysis) is 1. The fourth-order valence-corrected chi connectivity index (χ4v) is 1.19. The first-order chi connectivity index (χ1) is 9.37. The van der Waals surface area contributed by atoms with Gasteiger partial charge in [0.15, 0.2) is 0 Å². The SMILES string of the molecule is O=C(CNC(=O)OCc1ccccc1)NCC(F)(F)F. The van der Waals surface area contributed by atoms with Gasteiger partial charge in [0.2, 0.25) is 5.91 Å². The van der Waals surface area contributed by atoms with Crippen molar-refractivity contribution in [2.24, 2.45) is 0 Å². The Hall–Kier alpha value is -2.25. The number of benzene rings is 1. The fraction of sp³-hybridized carbons (Fsp3) is 0.333. The summed E-state index contributed by atoms with van der Waals surface area (Å²) in [5.41, 5.74) is 0.754. The third-order valence-corrected chi connectivity index (χ3v) is 2.09. The molecule has 2 amide bonds. The molecule has 2 N–H and O–H groups in total. The number of halogens is 3. The number of amides is 2. The van der Waals surface area contributed by atoms with Gasteiger partial charge >= 0.3 is 12.3 Å². The molecule has 0 unspecified atom stereocenters. The van der Waals surface area contributed by atoms with Gasteiger partial charge in [-0.15, -0.1) is 0 Å². The van der Waals surface area contributed by atoms with E-state index in [0.29, 0.717) is 0 Å². The highest BCUT2D eigenvalue weighted by Gasteiger charge is 2.27. The molecule has 0 bridgehead atoms. The smallest absolute Gasteiger partial charge is 0.407 e. The van der Waals surface area contributed by atoms with E-state index in [-0.39, 0.29) is 6.61 Å². The van der Waals surface area contributed by atoms with Gasteiger partial charge in [-0.1, -0.05) is 30.3 Å². The Kier molecular flexibility index (Phi) is 5.82. The van der Waals surface area contributed by atoms with E-state index in [1.54, 1.807) is 35.6 Å². The molecule has 8 heteroatoms. The highest BCUT2D eigenvalue weighted by molar-refractivity contribution is 5.82. The third kappa shape index (κ3) is 7.24. The Morgan fingerprint density at radius 3 is 2.35 bits per heavy atom. The van der Waals surface area contributed by atoms with Crippen LogP contribution in [0.2, 0.25) is 0 Å². The molecular weight excluding hydrogens is 277 g/mol. The van der Waals surface area contributed by atoms with Gasteiger partial charge in [0.25, 0.3) is 0 Å². The second-order valence-electron chi connectivity index (χ2n) is 3.81. The van der Waals surface area contributed by atoms with Crippen molar-refractivity contribution in [3.63, 3.8) is 0 Å². The molecule has 0 spiro atoms. The molecule has 0 heterocycles. The van der Waals surface area contributed by atoms with E-state index in [1.165, 1.54) is 0 Å². The fourth-order valence-electron chi connectivity index (χ4n) is 1.19. The van der Waals surface area contributed by atoms with Crippen LogP contribution in [0, 0.1) is 0 Å². The number of hydrogen-bond acceptors (Lipinski definition) is 3. The van der Waals surface area contributed by atoms with E-state index in [2.05, 4.69) is 0 Å². The molecule has 1 aromatic rings. The third-order valence-electron chi connectivity index (χ3n) is 2.09.